The maximum atomic E-state index is 12.6. The van der Waals surface area contributed by atoms with Crippen LogP contribution in [0.3, 0.4) is 0 Å². The smallest absolute Gasteiger partial charge is 0.416 e. The number of rotatable bonds is 8. The molecule has 0 bridgehead atoms. The van der Waals surface area contributed by atoms with E-state index in [2.05, 4.69) is 0 Å². The van der Waals surface area contributed by atoms with Gasteiger partial charge in [0.2, 0.25) is 0 Å². The van der Waals surface area contributed by atoms with Gasteiger partial charge in [0.05, 0.1) is 23.3 Å². The summed E-state index contributed by atoms with van der Waals surface area (Å²) in [4.78, 5) is 35.5. The van der Waals surface area contributed by atoms with Gasteiger partial charge in [-0.25, -0.2) is 14.4 Å². The third kappa shape index (κ3) is 7.34. The Hall–Kier alpha value is -4.80. The van der Waals surface area contributed by atoms with Crippen molar-refractivity contribution < 1.29 is 42.1 Å². The predicted octanol–water partition coefficient (Wildman–Crippen LogP) is 4.59. The molecule has 3 rings (SSSR count). The maximum absolute atomic E-state index is 12.6. The van der Waals surface area contributed by atoms with Crippen LogP contribution in [0.1, 0.15) is 37.4 Å². The summed E-state index contributed by atoms with van der Waals surface area (Å²) in [5.74, 6) is -2.55. The molecule has 0 unspecified atom stereocenters. The Morgan fingerprint density at radius 1 is 0.946 bits per heavy atom. The van der Waals surface area contributed by atoms with Crippen LogP contribution in [0.5, 0.6) is 5.75 Å². The molecule has 11 heteroatoms. The van der Waals surface area contributed by atoms with Crippen molar-refractivity contribution in [3.63, 3.8) is 0 Å². The summed E-state index contributed by atoms with van der Waals surface area (Å²) >= 11 is 0. The first kappa shape index (κ1) is 26.8. The van der Waals surface area contributed by atoms with Gasteiger partial charge in [-0.1, -0.05) is 12.1 Å². The van der Waals surface area contributed by atoms with E-state index < -0.39 is 29.6 Å². The minimum Gasteiger partial charge on any atom is -0.478 e. The van der Waals surface area contributed by atoms with E-state index in [9.17, 15) is 32.7 Å². The van der Waals surface area contributed by atoms with Crippen LogP contribution in [0.2, 0.25) is 0 Å². The minimum atomic E-state index is -4.51. The van der Waals surface area contributed by atoms with Crippen molar-refractivity contribution in [1.29, 1.82) is 0 Å². The van der Waals surface area contributed by atoms with E-state index in [-0.39, 0.29) is 41.3 Å². The number of anilines is 2. The highest BCUT2D eigenvalue weighted by Gasteiger charge is 2.30. The van der Waals surface area contributed by atoms with Crippen molar-refractivity contribution in [2.75, 3.05) is 18.1 Å². The molecule has 0 heterocycles. The molecule has 0 saturated heterocycles. The number of nitrogen functional groups attached to an aromatic ring is 2. The molecule has 0 radical (unpaired) electrons. The first-order chi connectivity index (χ1) is 17.4. The van der Waals surface area contributed by atoms with Crippen LogP contribution in [0.4, 0.5) is 24.5 Å². The molecule has 0 saturated carbocycles. The Labute approximate surface area is 208 Å². The molecular formula is C26H21F3N2O6. The molecule has 0 atom stereocenters. The van der Waals surface area contributed by atoms with E-state index in [1.807, 2.05) is 0 Å². The molecule has 0 spiro atoms. The van der Waals surface area contributed by atoms with Gasteiger partial charge in [-0.15, -0.1) is 0 Å². The van der Waals surface area contributed by atoms with Gasteiger partial charge >= 0.3 is 24.1 Å². The Kier molecular flexibility index (Phi) is 8.18. The lowest BCUT2D eigenvalue weighted by Crippen LogP contribution is -2.11. The first-order valence-electron chi connectivity index (χ1n) is 10.7. The molecule has 0 aromatic heterocycles. The van der Waals surface area contributed by atoms with Crippen LogP contribution in [0.25, 0.3) is 6.08 Å². The second-order valence-corrected chi connectivity index (χ2v) is 7.73. The Morgan fingerprint density at radius 2 is 1.59 bits per heavy atom. The SMILES string of the molecule is Nc1cc(N)c(CCOC(=O)C=Cc2ccc(OC(=O)c3ccc(C(F)(F)F)cc3)cc2)c(C(=O)O)c1. The van der Waals surface area contributed by atoms with Crippen molar-refractivity contribution in [1.82, 2.24) is 0 Å². The Morgan fingerprint density at radius 3 is 2.19 bits per heavy atom. The number of aromatic carboxylic acids is 1. The molecule has 3 aromatic rings. The van der Waals surface area contributed by atoms with Crippen LogP contribution in [-0.2, 0) is 22.1 Å². The number of carbonyl (C=O) groups is 3. The minimum absolute atomic E-state index is 0.0454. The number of alkyl halides is 3. The van der Waals surface area contributed by atoms with E-state index in [1.54, 1.807) is 12.1 Å². The molecule has 3 aromatic carbocycles. The van der Waals surface area contributed by atoms with E-state index in [0.717, 1.165) is 30.3 Å². The molecule has 0 fully saturated rings. The summed E-state index contributed by atoms with van der Waals surface area (Å²) < 4.78 is 48.2. The molecule has 5 N–H and O–H groups in total. The fourth-order valence-corrected chi connectivity index (χ4v) is 3.26. The standard InChI is InChI=1S/C26H21F3N2O6/c27-26(28,29)17-6-4-16(5-7-17)25(35)37-19-8-1-15(2-9-19)3-10-23(32)36-12-11-20-21(24(33)34)13-18(30)14-22(20)31/h1-10,13-14H,11-12,30-31H2,(H,33,34). The van der Waals surface area contributed by atoms with Crippen molar-refractivity contribution in [2.45, 2.75) is 12.6 Å². The van der Waals surface area contributed by atoms with Crippen molar-refractivity contribution >= 4 is 35.4 Å². The van der Waals surface area contributed by atoms with Gasteiger partial charge in [0.1, 0.15) is 5.75 Å². The van der Waals surface area contributed by atoms with Crippen LogP contribution < -0.4 is 16.2 Å². The largest absolute Gasteiger partial charge is 0.478 e. The van der Waals surface area contributed by atoms with E-state index in [4.69, 9.17) is 20.9 Å². The van der Waals surface area contributed by atoms with Gasteiger partial charge in [-0.2, -0.15) is 13.2 Å². The van der Waals surface area contributed by atoms with Gasteiger partial charge in [-0.05, 0) is 65.7 Å². The number of nitrogens with two attached hydrogens (primary N) is 2. The van der Waals surface area contributed by atoms with Crippen LogP contribution in [0.15, 0.2) is 66.7 Å². The van der Waals surface area contributed by atoms with Crippen molar-refractivity contribution in [3.05, 3.63) is 94.6 Å². The van der Waals surface area contributed by atoms with Crippen molar-refractivity contribution in [2.24, 2.45) is 0 Å². The predicted molar refractivity (Wildman–Crippen MR) is 129 cm³/mol. The van der Waals surface area contributed by atoms with Gasteiger partial charge in [0.25, 0.3) is 0 Å². The Bertz CT molecular complexity index is 1330. The van der Waals surface area contributed by atoms with Gasteiger partial charge in [-0.3, -0.25) is 0 Å². The summed E-state index contributed by atoms with van der Waals surface area (Å²) in [6, 6.07) is 12.3. The highest BCUT2D eigenvalue weighted by Crippen LogP contribution is 2.29. The topological polar surface area (TPSA) is 142 Å². The average Bonchev–Trinajstić information content (AvgIpc) is 2.84. The third-order valence-corrected chi connectivity index (χ3v) is 5.08. The summed E-state index contributed by atoms with van der Waals surface area (Å²) in [5, 5.41) is 9.30. The van der Waals surface area contributed by atoms with Crippen molar-refractivity contribution in [3.8, 4) is 5.75 Å². The number of esters is 2. The second kappa shape index (κ2) is 11.3. The lowest BCUT2D eigenvalue weighted by atomic mass is 10.0. The second-order valence-electron chi connectivity index (χ2n) is 7.73. The highest BCUT2D eigenvalue weighted by molar-refractivity contribution is 5.93. The lowest BCUT2D eigenvalue weighted by molar-refractivity contribution is -0.138. The molecule has 8 nitrogen and oxygen atoms in total. The number of carboxylic acids is 1. The monoisotopic (exact) mass is 514 g/mol. The zero-order valence-electron chi connectivity index (χ0n) is 19.1. The third-order valence-electron chi connectivity index (χ3n) is 5.08. The fourth-order valence-electron chi connectivity index (χ4n) is 3.26. The number of hydrogen-bond acceptors (Lipinski definition) is 7. The lowest BCUT2D eigenvalue weighted by Gasteiger charge is -2.11. The fraction of sp³-hybridized carbons (Fsp3) is 0.115. The summed E-state index contributed by atoms with van der Waals surface area (Å²) in [5.41, 5.74) is 11.7. The Balaban J connectivity index is 1.52. The van der Waals surface area contributed by atoms with Crippen LogP contribution in [0, 0.1) is 0 Å². The van der Waals surface area contributed by atoms with E-state index in [1.165, 1.54) is 30.3 Å². The van der Waals surface area contributed by atoms with Gasteiger partial charge in [0.15, 0.2) is 0 Å². The number of benzene rings is 3. The normalized spacial score (nSPS) is 11.3. The van der Waals surface area contributed by atoms with E-state index in [0.29, 0.717) is 11.1 Å². The molecular weight excluding hydrogens is 493 g/mol. The zero-order chi connectivity index (χ0) is 27.2. The van der Waals surface area contributed by atoms with E-state index >= 15 is 0 Å². The number of ether oxygens (including phenoxy) is 2. The maximum Gasteiger partial charge on any atom is 0.416 e. The zero-order valence-corrected chi connectivity index (χ0v) is 19.1. The molecule has 0 amide bonds. The molecule has 0 aliphatic rings. The van der Waals surface area contributed by atoms with Crippen LogP contribution in [-0.4, -0.2) is 29.6 Å². The molecule has 192 valence electrons. The summed E-state index contributed by atoms with van der Waals surface area (Å²) in [7, 11) is 0. The summed E-state index contributed by atoms with van der Waals surface area (Å²) in [6.07, 6.45) is -1.82. The number of carbonyl (C=O) groups excluding carboxylic acids is 2. The number of carboxylic acid groups (broad SMARTS) is 1. The summed E-state index contributed by atoms with van der Waals surface area (Å²) in [6.45, 7) is -0.115. The van der Waals surface area contributed by atoms with Crippen LogP contribution >= 0.6 is 0 Å². The highest BCUT2D eigenvalue weighted by atomic mass is 19.4. The molecule has 37 heavy (non-hydrogen) atoms. The number of hydrogen-bond donors (Lipinski definition) is 3. The quantitative estimate of drug-likeness (QED) is 0.172. The molecule has 0 aliphatic heterocycles. The number of halogens is 3. The molecule has 0 aliphatic carbocycles. The van der Waals surface area contributed by atoms with Gasteiger partial charge < -0.3 is 26.0 Å². The first-order valence-corrected chi connectivity index (χ1v) is 10.7. The van der Waals surface area contributed by atoms with Gasteiger partial charge in [0, 0.05) is 23.9 Å². The average molecular weight is 514 g/mol.